The first-order valence-corrected chi connectivity index (χ1v) is 7.90. The number of hydrogen-bond acceptors (Lipinski definition) is 4. The van der Waals surface area contributed by atoms with Gasteiger partial charge in [-0.05, 0) is 50.6 Å². The van der Waals surface area contributed by atoms with Crippen molar-refractivity contribution >= 4 is 11.7 Å². The molecule has 1 aromatic heterocycles. The molecule has 2 rings (SSSR count). The minimum atomic E-state index is -0.329. The van der Waals surface area contributed by atoms with Crippen molar-refractivity contribution in [2.24, 2.45) is 0 Å². The number of aryl methyl sites for hydroxylation is 1. The predicted octanol–water partition coefficient (Wildman–Crippen LogP) is 3.38. The van der Waals surface area contributed by atoms with Crippen LogP contribution in [-0.2, 0) is 0 Å². The first kappa shape index (κ1) is 17.6. The molecule has 0 atom stereocenters. The third-order valence-corrected chi connectivity index (χ3v) is 3.01. The Morgan fingerprint density at radius 1 is 1.25 bits per heavy atom. The highest BCUT2D eigenvalue weighted by atomic mass is 16.5. The average molecular weight is 329 g/mol. The van der Waals surface area contributed by atoms with Gasteiger partial charge in [0.25, 0.3) is 0 Å². The topological polar surface area (TPSA) is 72.5 Å². The number of urea groups is 1. The standard InChI is InChI=1S/C18H23N3O3/c1-13(2)24-17-16(8-5-9-19-17)21-18(22)20-10-11-23-15-7-4-6-14(3)12-15/h4-9,12-13H,10-11H2,1-3H3,(H2,20,21,22). The van der Waals surface area contributed by atoms with E-state index < -0.39 is 0 Å². The summed E-state index contributed by atoms with van der Waals surface area (Å²) in [6.45, 7) is 6.59. The summed E-state index contributed by atoms with van der Waals surface area (Å²) in [4.78, 5) is 16.1. The molecule has 2 amide bonds. The van der Waals surface area contributed by atoms with E-state index in [1.807, 2.05) is 45.0 Å². The Balaban J connectivity index is 1.77. The summed E-state index contributed by atoms with van der Waals surface area (Å²) in [5.41, 5.74) is 1.66. The van der Waals surface area contributed by atoms with Crippen LogP contribution in [0.5, 0.6) is 11.6 Å². The van der Waals surface area contributed by atoms with E-state index in [2.05, 4.69) is 15.6 Å². The molecule has 1 aromatic carbocycles. The van der Waals surface area contributed by atoms with E-state index in [1.165, 1.54) is 0 Å². The summed E-state index contributed by atoms with van der Waals surface area (Å²) in [7, 11) is 0. The van der Waals surface area contributed by atoms with Crippen molar-refractivity contribution in [3.8, 4) is 11.6 Å². The molecule has 0 saturated carbocycles. The van der Waals surface area contributed by atoms with Crippen LogP contribution in [0.15, 0.2) is 42.6 Å². The maximum atomic E-state index is 12.0. The molecular formula is C18H23N3O3. The fraction of sp³-hybridized carbons (Fsp3) is 0.333. The van der Waals surface area contributed by atoms with Crippen LogP contribution in [0.25, 0.3) is 0 Å². The lowest BCUT2D eigenvalue weighted by atomic mass is 10.2. The van der Waals surface area contributed by atoms with Gasteiger partial charge in [-0.15, -0.1) is 0 Å². The highest BCUT2D eigenvalue weighted by Crippen LogP contribution is 2.21. The third kappa shape index (κ3) is 5.79. The third-order valence-electron chi connectivity index (χ3n) is 3.01. The maximum Gasteiger partial charge on any atom is 0.319 e. The van der Waals surface area contributed by atoms with Gasteiger partial charge in [0.05, 0.1) is 12.6 Å². The Bertz CT molecular complexity index is 674. The number of nitrogens with zero attached hydrogens (tertiary/aromatic N) is 1. The van der Waals surface area contributed by atoms with Gasteiger partial charge >= 0.3 is 6.03 Å². The van der Waals surface area contributed by atoms with E-state index in [-0.39, 0.29) is 12.1 Å². The Morgan fingerprint density at radius 3 is 2.83 bits per heavy atom. The molecule has 0 spiro atoms. The lowest BCUT2D eigenvalue weighted by molar-refractivity contribution is 0.232. The number of anilines is 1. The minimum absolute atomic E-state index is 0.0220. The summed E-state index contributed by atoms with van der Waals surface area (Å²) in [5, 5.41) is 5.47. The number of nitrogens with one attached hydrogen (secondary N) is 2. The molecule has 0 saturated heterocycles. The predicted molar refractivity (Wildman–Crippen MR) is 93.7 cm³/mol. The maximum absolute atomic E-state index is 12.0. The molecule has 2 aromatic rings. The number of carbonyl (C=O) groups excluding carboxylic acids is 1. The van der Waals surface area contributed by atoms with Crippen LogP contribution in [0.4, 0.5) is 10.5 Å². The fourth-order valence-electron chi connectivity index (χ4n) is 2.01. The Morgan fingerprint density at radius 2 is 2.08 bits per heavy atom. The lowest BCUT2D eigenvalue weighted by Crippen LogP contribution is -2.32. The average Bonchev–Trinajstić information content (AvgIpc) is 2.53. The van der Waals surface area contributed by atoms with Crippen molar-refractivity contribution in [1.82, 2.24) is 10.3 Å². The molecule has 6 heteroatoms. The number of aromatic nitrogens is 1. The zero-order valence-corrected chi connectivity index (χ0v) is 14.2. The van der Waals surface area contributed by atoms with Crippen molar-refractivity contribution in [3.05, 3.63) is 48.2 Å². The molecule has 0 aliphatic rings. The number of benzene rings is 1. The SMILES string of the molecule is Cc1cccc(OCCNC(=O)Nc2cccnc2OC(C)C)c1. The van der Waals surface area contributed by atoms with Gasteiger partial charge in [-0.3, -0.25) is 0 Å². The van der Waals surface area contributed by atoms with Crippen LogP contribution in [0.1, 0.15) is 19.4 Å². The number of pyridine rings is 1. The quantitative estimate of drug-likeness (QED) is 0.764. The second-order valence-corrected chi connectivity index (χ2v) is 5.57. The molecule has 0 bridgehead atoms. The van der Waals surface area contributed by atoms with Crippen molar-refractivity contribution in [3.63, 3.8) is 0 Å². The van der Waals surface area contributed by atoms with Crippen LogP contribution in [0, 0.1) is 6.92 Å². The van der Waals surface area contributed by atoms with E-state index in [0.29, 0.717) is 24.7 Å². The molecule has 0 aliphatic carbocycles. The molecule has 0 aliphatic heterocycles. The van der Waals surface area contributed by atoms with Crippen molar-refractivity contribution in [1.29, 1.82) is 0 Å². The fourth-order valence-corrected chi connectivity index (χ4v) is 2.01. The summed E-state index contributed by atoms with van der Waals surface area (Å²) in [5.74, 6) is 1.19. The highest BCUT2D eigenvalue weighted by Gasteiger charge is 2.09. The second-order valence-electron chi connectivity index (χ2n) is 5.57. The monoisotopic (exact) mass is 329 g/mol. The first-order chi connectivity index (χ1) is 11.5. The molecule has 24 heavy (non-hydrogen) atoms. The summed E-state index contributed by atoms with van der Waals surface area (Å²) >= 11 is 0. The van der Waals surface area contributed by atoms with Gasteiger partial charge < -0.3 is 20.1 Å². The normalized spacial score (nSPS) is 10.3. The Kier molecular flexibility index (Phi) is 6.42. The van der Waals surface area contributed by atoms with Gasteiger partial charge in [0.2, 0.25) is 5.88 Å². The van der Waals surface area contributed by atoms with Crippen LogP contribution in [-0.4, -0.2) is 30.3 Å². The molecule has 2 N–H and O–H groups in total. The lowest BCUT2D eigenvalue weighted by Gasteiger charge is -2.14. The summed E-state index contributed by atoms with van der Waals surface area (Å²) < 4.78 is 11.1. The van der Waals surface area contributed by atoms with Gasteiger partial charge in [0.1, 0.15) is 18.0 Å². The highest BCUT2D eigenvalue weighted by molar-refractivity contribution is 5.90. The Hall–Kier alpha value is -2.76. The van der Waals surface area contributed by atoms with E-state index >= 15 is 0 Å². The van der Waals surface area contributed by atoms with Crippen molar-refractivity contribution in [2.75, 3.05) is 18.5 Å². The van der Waals surface area contributed by atoms with Crippen LogP contribution in [0.2, 0.25) is 0 Å². The van der Waals surface area contributed by atoms with Crippen LogP contribution >= 0.6 is 0 Å². The molecule has 0 fully saturated rings. The van der Waals surface area contributed by atoms with E-state index in [0.717, 1.165) is 11.3 Å². The van der Waals surface area contributed by atoms with Crippen molar-refractivity contribution < 1.29 is 14.3 Å². The molecular weight excluding hydrogens is 306 g/mol. The molecule has 1 heterocycles. The van der Waals surface area contributed by atoms with Gasteiger partial charge in [-0.1, -0.05) is 12.1 Å². The number of rotatable bonds is 7. The molecule has 0 unspecified atom stereocenters. The molecule has 6 nitrogen and oxygen atoms in total. The number of ether oxygens (including phenoxy) is 2. The number of carbonyl (C=O) groups is 1. The van der Waals surface area contributed by atoms with E-state index in [1.54, 1.807) is 18.3 Å². The summed E-state index contributed by atoms with van der Waals surface area (Å²) in [6.07, 6.45) is 1.60. The number of amides is 2. The van der Waals surface area contributed by atoms with Gasteiger partial charge in [-0.25, -0.2) is 9.78 Å². The number of hydrogen-bond donors (Lipinski definition) is 2. The second kappa shape index (κ2) is 8.76. The van der Waals surface area contributed by atoms with Gasteiger partial charge in [0, 0.05) is 6.20 Å². The van der Waals surface area contributed by atoms with Crippen LogP contribution < -0.4 is 20.1 Å². The first-order valence-electron chi connectivity index (χ1n) is 7.90. The zero-order valence-electron chi connectivity index (χ0n) is 14.2. The zero-order chi connectivity index (χ0) is 17.4. The van der Waals surface area contributed by atoms with Gasteiger partial charge in [0.15, 0.2) is 0 Å². The van der Waals surface area contributed by atoms with E-state index in [4.69, 9.17) is 9.47 Å². The molecule has 128 valence electrons. The van der Waals surface area contributed by atoms with E-state index in [9.17, 15) is 4.79 Å². The van der Waals surface area contributed by atoms with Crippen LogP contribution in [0.3, 0.4) is 0 Å². The van der Waals surface area contributed by atoms with Crippen molar-refractivity contribution in [2.45, 2.75) is 26.9 Å². The van der Waals surface area contributed by atoms with Gasteiger partial charge in [-0.2, -0.15) is 0 Å². The largest absolute Gasteiger partial charge is 0.492 e. The Labute approximate surface area is 142 Å². The summed E-state index contributed by atoms with van der Waals surface area (Å²) in [6, 6.07) is 10.9. The molecule has 0 radical (unpaired) electrons. The smallest absolute Gasteiger partial charge is 0.319 e. The minimum Gasteiger partial charge on any atom is -0.492 e.